The molecule has 0 atom stereocenters. The number of hydrogen-bond donors (Lipinski definition) is 1. The number of hydrogen-bond acceptors (Lipinski definition) is 1. The number of nitrogens with two attached hydrogens (primary N) is 1. The lowest BCUT2D eigenvalue weighted by atomic mass is 10.2. The second kappa shape index (κ2) is 2.82. The maximum absolute atomic E-state index is 14.2. The van der Waals surface area contributed by atoms with E-state index in [2.05, 4.69) is 0 Å². The van der Waals surface area contributed by atoms with Crippen LogP contribution in [0.5, 0.6) is 0 Å². The van der Waals surface area contributed by atoms with E-state index in [4.69, 9.17) is 5.73 Å². The van der Waals surface area contributed by atoms with Crippen LogP contribution in [0.25, 0.3) is 0 Å². The van der Waals surface area contributed by atoms with Crippen molar-refractivity contribution in [3.8, 4) is 0 Å². The van der Waals surface area contributed by atoms with Crippen LogP contribution in [-0.2, 0) is 6.54 Å². The summed E-state index contributed by atoms with van der Waals surface area (Å²) in [4.78, 5) is 0.0913. The molecule has 0 fully saturated rings. The first-order valence-electron chi connectivity index (χ1n) is 4.07. The zero-order valence-electron chi connectivity index (χ0n) is 8.14. The normalized spacial score (nSPS) is 17.3. The monoisotopic (exact) mass is 333 g/mol. The molecule has 0 aliphatic rings. The Kier molecular flexibility index (Phi) is 2.46. The van der Waals surface area contributed by atoms with Gasteiger partial charge in [0.25, 0.3) is 0 Å². The molecule has 0 amide bonds. The van der Waals surface area contributed by atoms with Gasteiger partial charge in [0.1, 0.15) is 0 Å². The largest absolute Gasteiger partial charge is 0.326 e. The minimum atomic E-state index is -5.07. The van der Waals surface area contributed by atoms with E-state index in [0.29, 0.717) is 0 Å². The van der Waals surface area contributed by atoms with Crippen molar-refractivity contribution in [2.45, 2.75) is 11.4 Å². The molecule has 0 unspecified atom stereocenters. The predicted octanol–water partition coefficient (Wildman–Crippen LogP) is 3.76. The van der Waals surface area contributed by atoms with Crippen molar-refractivity contribution in [2.24, 2.45) is 5.73 Å². The summed E-state index contributed by atoms with van der Waals surface area (Å²) >= 11 is 1.29. The summed E-state index contributed by atoms with van der Waals surface area (Å²) < 4.78 is 28.4. The van der Waals surface area contributed by atoms with Crippen LogP contribution in [0.2, 0.25) is 0 Å². The van der Waals surface area contributed by atoms with Crippen LogP contribution in [0.3, 0.4) is 0 Å². The molecule has 2 N–H and O–H groups in total. The molecule has 5 heteroatoms. The highest BCUT2D eigenvalue weighted by molar-refractivity contribution is 14.2. The molecule has 1 rings (SSSR count). The lowest BCUT2D eigenvalue weighted by molar-refractivity contribution is 0.717. The van der Waals surface area contributed by atoms with Gasteiger partial charge in [-0.15, -0.1) is 0 Å². The molecule has 0 bridgehead atoms. The van der Waals surface area contributed by atoms with Crippen molar-refractivity contribution in [3.05, 3.63) is 29.8 Å². The highest BCUT2D eigenvalue weighted by atomic mass is 127. The zero-order chi connectivity index (χ0) is 11.1. The van der Waals surface area contributed by atoms with Gasteiger partial charge < -0.3 is 5.73 Å². The quantitative estimate of drug-likeness (QED) is 0.820. The Morgan fingerprint density at radius 1 is 1.36 bits per heavy atom. The van der Waals surface area contributed by atoms with Gasteiger partial charge in [0.15, 0.2) is 0 Å². The van der Waals surface area contributed by atoms with Crippen LogP contribution in [0.1, 0.15) is 5.56 Å². The smallest absolute Gasteiger partial charge is 0.0330 e. The number of halogens is 3. The number of benzene rings is 1. The summed E-state index contributed by atoms with van der Waals surface area (Å²) in [7, 11) is 0. The average molecular weight is 333 g/mol. The van der Waals surface area contributed by atoms with Crippen molar-refractivity contribution < 1.29 is 7.77 Å². The minimum absolute atomic E-state index is 0.0913. The van der Waals surface area contributed by atoms with E-state index >= 15 is 0 Å². The minimum Gasteiger partial charge on any atom is -0.326 e. The fourth-order valence-electron chi connectivity index (χ4n) is 1.07. The molecule has 1 aromatic carbocycles. The first-order chi connectivity index (χ1) is 6.03. The summed E-state index contributed by atoms with van der Waals surface area (Å²) in [5, 5.41) is 0. The lowest BCUT2D eigenvalue weighted by Gasteiger charge is -2.53. The van der Waals surface area contributed by atoms with E-state index < -0.39 is 6.24 Å². The van der Waals surface area contributed by atoms with Crippen LogP contribution in [-0.4, -0.2) is 12.5 Å². The topological polar surface area (TPSA) is 26.0 Å². The molecular weight excluding hydrogens is 319 g/mol. The third-order valence-corrected chi connectivity index (χ3v) is 5.13. The molecule has 14 heavy (non-hydrogen) atoms. The predicted molar refractivity (Wildman–Crippen MR) is 68.3 cm³/mol. The first kappa shape index (κ1) is 12.2. The first-order valence-corrected chi connectivity index (χ1v) is 9.68. The SMILES string of the molecule is CS(C)(F)(F)(I)c1cccc(CN)c1. The van der Waals surface area contributed by atoms with Crippen LogP contribution < -0.4 is 5.73 Å². The molecule has 0 spiro atoms. The number of rotatable bonds is 2. The summed E-state index contributed by atoms with van der Waals surface area (Å²) in [6.45, 7) is 0.290. The average Bonchev–Trinajstić information content (AvgIpc) is 2.01. The maximum Gasteiger partial charge on any atom is 0.0330 e. The van der Waals surface area contributed by atoms with Crippen LogP contribution >= 0.6 is 27.4 Å². The van der Waals surface area contributed by atoms with Crippen molar-refractivity contribution in [2.75, 3.05) is 12.5 Å². The fraction of sp³-hybridized carbons (Fsp3) is 0.333. The van der Waals surface area contributed by atoms with Crippen molar-refractivity contribution in [1.29, 1.82) is 0 Å². The van der Waals surface area contributed by atoms with E-state index in [1.54, 1.807) is 12.1 Å². The molecule has 1 nitrogen and oxygen atoms in total. The van der Waals surface area contributed by atoms with Gasteiger partial charge in [0.05, 0.1) is 0 Å². The van der Waals surface area contributed by atoms with E-state index in [-0.39, 0.29) is 11.4 Å². The summed E-state index contributed by atoms with van der Waals surface area (Å²) in [6.07, 6.45) is -3.02. The standard InChI is InChI=1S/C9H14F2INS/c1-14(2,10,11,12)9-5-3-4-8(6-9)7-13/h3-6H,7,13H2,1-2H3. The van der Waals surface area contributed by atoms with Gasteiger partial charge in [-0.3, -0.25) is 0 Å². The second-order valence-corrected chi connectivity index (χ2v) is 17.4. The molecule has 0 saturated carbocycles. The van der Waals surface area contributed by atoms with Gasteiger partial charge in [0.2, 0.25) is 0 Å². The van der Waals surface area contributed by atoms with Gasteiger partial charge in [-0.2, -0.15) is 7.77 Å². The molecule has 0 aromatic heterocycles. The Balaban J connectivity index is 3.35. The zero-order valence-corrected chi connectivity index (χ0v) is 11.1. The third-order valence-electron chi connectivity index (χ3n) is 1.87. The van der Waals surface area contributed by atoms with E-state index in [9.17, 15) is 7.77 Å². The van der Waals surface area contributed by atoms with E-state index in [1.807, 2.05) is 0 Å². The molecule has 1 aromatic rings. The molecular formula is C9H14F2INS. The van der Waals surface area contributed by atoms with Crippen LogP contribution in [0, 0.1) is 0 Å². The maximum atomic E-state index is 14.2. The van der Waals surface area contributed by atoms with Crippen molar-refractivity contribution in [3.63, 3.8) is 0 Å². The fourth-order valence-corrected chi connectivity index (χ4v) is 2.92. The molecule has 82 valence electrons. The van der Waals surface area contributed by atoms with Gasteiger partial charge in [-0.25, -0.2) is 0 Å². The van der Waals surface area contributed by atoms with Crippen molar-refractivity contribution in [1.82, 2.24) is 0 Å². The molecule has 0 aliphatic heterocycles. The highest BCUT2D eigenvalue weighted by Crippen LogP contribution is 2.98. The van der Waals surface area contributed by atoms with Crippen LogP contribution in [0.4, 0.5) is 7.77 Å². The van der Waals surface area contributed by atoms with Crippen molar-refractivity contribution >= 4 is 27.4 Å². The van der Waals surface area contributed by atoms with Gasteiger partial charge in [-0.05, 0) is 17.7 Å². The highest BCUT2D eigenvalue weighted by Gasteiger charge is 2.50. The summed E-state index contributed by atoms with van der Waals surface area (Å²) in [6, 6.07) is 6.34. The molecule has 0 radical (unpaired) electrons. The molecule has 0 aliphatic carbocycles. The second-order valence-electron chi connectivity index (χ2n) is 4.00. The van der Waals surface area contributed by atoms with Gasteiger partial charge >= 0.3 is 0 Å². The van der Waals surface area contributed by atoms with E-state index in [0.717, 1.165) is 18.1 Å². The van der Waals surface area contributed by atoms with Gasteiger partial charge in [0, 0.05) is 51.4 Å². The Morgan fingerprint density at radius 2 is 1.93 bits per heavy atom. The Bertz CT molecular complexity index is 357. The summed E-state index contributed by atoms with van der Waals surface area (Å²) in [5.74, 6) is 0. The lowest BCUT2D eigenvalue weighted by Crippen LogP contribution is -2.14. The summed E-state index contributed by atoms with van der Waals surface area (Å²) in [5.41, 5.74) is 6.15. The Labute approximate surface area is 94.5 Å². The van der Waals surface area contributed by atoms with E-state index in [1.165, 1.54) is 33.3 Å². The van der Waals surface area contributed by atoms with Gasteiger partial charge in [-0.1, -0.05) is 12.1 Å². The Morgan fingerprint density at radius 3 is 2.36 bits per heavy atom. The molecule has 0 saturated heterocycles. The molecule has 0 heterocycles. The Hall–Kier alpha value is 0.120. The third kappa shape index (κ3) is 3.06. The van der Waals surface area contributed by atoms with Crippen LogP contribution in [0.15, 0.2) is 29.2 Å².